The quantitative estimate of drug-likeness (QED) is 0.642. The molecule has 0 aliphatic rings. The third kappa shape index (κ3) is 4.74. The maximum atomic E-state index is 9.34. The van der Waals surface area contributed by atoms with Gasteiger partial charge >= 0.3 is 0 Å². The van der Waals surface area contributed by atoms with Crippen LogP contribution < -0.4 is 4.18 Å². The Bertz CT molecular complexity index is 749. The average molecular weight is 322 g/mol. The molecule has 116 valence electrons. The van der Waals surface area contributed by atoms with Crippen molar-refractivity contribution in [3.63, 3.8) is 0 Å². The first-order chi connectivity index (χ1) is 11.1. The van der Waals surface area contributed by atoms with Gasteiger partial charge in [-0.05, 0) is 56.2 Å². The highest BCUT2D eigenvalue weighted by atomic mass is 32.2. The van der Waals surface area contributed by atoms with Crippen molar-refractivity contribution in [2.45, 2.75) is 25.5 Å². The van der Waals surface area contributed by atoms with Gasteiger partial charge in [0.25, 0.3) is 0 Å². The van der Waals surface area contributed by atoms with Crippen molar-refractivity contribution in [2.24, 2.45) is 0 Å². The summed E-state index contributed by atoms with van der Waals surface area (Å²) in [7, 11) is 0. The van der Waals surface area contributed by atoms with Gasteiger partial charge in [-0.15, -0.1) is 11.8 Å². The van der Waals surface area contributed by atoms with Gasteiger partial charge in [0.15, 0.2) is 4.75 Å². The van der Waals surface area contributed by atoms with Crippen LogP contribution in [-0.2, 0) is 0 Å². The molecular weight excluding hydrogens is 304 g/mol. The Labute approximate surface area is 142 Å². The van der Waals surface area contributed by atoms with E-state index in [2.05, 4.69) is 23.7 Å². The van der Waals surface area contributed by atoms with E-state index in [-0.39, 0.29) is 5.75 Å². The molecular formula is C20H18O2S. The molecule has 2 rings (SSSR count). The van der Waals surface area contributed by atoms with Gasteiger partial charge in [-0.1, -0.05) is 36.1 Å². The summed E-state index contributed by atoms with van der Waals surface area (Å²) < 4.78 is 5.22. The fourth-order valence-corrected chi connectivity index (χ4v) is 2.70. The molecule has 0 aliphatic heterocycles. The number of benzene rings is 2. The summed E-state index contributed by atoms with van der Waals surface area (Å²) in [4.78, 5) is 0. The number of phenolic OH excluding ortho intramolecular Hbond substituents is 1. The van der Waals surface area contributed by atoms with E-state index >= 15 is 0 Å². The first-order valence-electron chi connectivity index (χ1n) is 7.19. The summed E-state index contributed by atoms with van der Waals surface area (Å²) in [5, 5.41) is 9.34. The molecule has 2 aromatic carbocycles. The Balaban J connectivity index is 2.08. The Morgan fingerprint density at radius 3 is 1.83 bits per heavy atom. The van der Waals surface area contributed by atoms with E-state index in [1.165, 1.54) is 12.0 Å². The maximum absolute atomic E-state index is 9.34. The molecule has 3 heteroatoms. The third-order valence-corrected chi connectivity index (χ3v) is 3.90. The molecule has 0 amide bonds. The molecule has 0 saturated carbocycles. The minimum atomic E-state index is -0.543. The lowest BCUT2D eigenvalue weighted by molar-refractivity contribution is 0.475. The number of rotatable bonds is 4. The Hall–Kier alpha value is -2.49. The molecule has 0 atom stereocenters. The van der Waals surface area contributed by atoms with Gasteiger partial charge in [-0.2, -0.15) is 0 Å². The molecule has 1 N–H and O–H groups in total. The van der Waals surface area contributed by atoms with Gasteiger partial charge in [0, 0.05) is 0 Å². The van der Waals surface area contributed by atoms with Gasteiger partial charge in [-0.25, -0.2) is 0 Å². The summed E-state index contributed by atoms with van der Waals surface area (Å²) in [6, 6.07) is 14.9. The van der Waals surface area contributed by atoms with Crippen molar-refractivity contribution in [1.29, 1.82) is 0 Å². The van der Waals surface area contributed by atoms with Crippen LogP contribution in [0.25, 0.3) is 11.1 Å². The van der Waals surface area contributed by atoms with E-state index in [9.17, 15) is 5.11 Å². The van der Waals surface area contributed by atoms with E-state index in [1.807, 2.05) is 43.3 Å². The number of aromatic hydroxyl groups is 1. The zero-order chi connectivity index (χ0) is 16.7. The normalized spacial score (nSPS) is 10.0. The molecule has 0 radical (unpaired) electrons. The first-order valence-corrected chi connectivity index (χ1v) is 7.93. The maximum Gasteiger partial charge on any atom is 0.171 e. The van der Waals surface area contributed by atoms with Crippen LogP contribution in [0.2, 0.25) is 0 Å². The molecule has 0 spiro atoms. The van der Waals surface area contributed by atoms with Gasteiger partial charge in [0.1, 0.15) is 11.5 Å². The summed E-state index contributed by atoms with van der Waals surface area (Å²) in [5.74, 6) is 12.9. The minimum Gasteiger partial charge on any atom is -0.508 e. The van der Waals surface area contributed by atoms with E-state index in [0.717, 1.165) is 16.9 Å². The molecule has 2 nitrogen and oxygen atoms in total. The minimum absolute atomic E-state index is 0.262. The third-order valence-electron chi connectivity index (χ3n) is 3.09. The zero-order valence-electron chi connectivity index (χ0n) is 13.4. The fraction of sp³-hybridized carbons (Fsp3) is 0.200. The van der Waals surface area contributed by atoms with Gasteiger partial charge in [0.2, 0.25) is 0 Å². The van der Waals surface area contributed by atoms with E-state index in [0.29, 0.717) is 0 Å². The lowest BCUT2D eigenvalue weighted by Gasteiger charge is -2.15. The summed E-state index contributed by atoms with van der Waals surface area (Å²) in [6.07, 6.45) is 0. The predicted molar refractivity (Wildman–Crippen MR) is 97.1 cm³/mol. The molecule has 23 heavy (non-hydrogen) atoms. The zero-order valence-corrected chi connectivity index (χ0v) is 14.2. The van der Waals surface area contributed by atoms with Crippen LogP contribution in [0.15, 0.2) is 48.5 Å². The summed E-state index contributed by atoms with van der Waals surface area (Å²) in [5.41, 5.74) is 2.10. The standard InChI is InChI=1S/C20H18O2S/c1-4-14-20(3,15-5-2)23-22-19-12-8-17(9-13-19)16-6-10-18(21)11-7-16/h6-13,21H,1-3H3. The fourth-order valence-electron chi connectivity index (χ4n) is 2.04. The monoisotopic (exact) mass is 322 g/mol. The second kappa shape index (κ2) is 7.68. The van der Waals surface area contributed by atoms with Crippen LogP contribution in [0.5, 0.6) is 11.5 Å². The summed E-state index contributed by atoms with van der Waals surface area (Å²) in [6.45, 7) is 5.53. The van der Waals surface area contributed by atoms with Crippen LogP contribution in [0.1, 0.15) is 20.8 Å². The molecule has 2 aromatic rings. The lowest BCUT2D eigenvalue weighted by atomic mass is 10.1. The van der Waals surface area contributed by atoms with Gasteiger partial charge in [-0.3, -0.25) is 0 Å². The molecule has 0 aromatic heterocycles. The van der Waals surface area contributed by atoms with Crippen LogP contribution >= 0.6 is 12.0 Å². The second-order valence-corrected chi connectivity index (χ2v) is 6.17. The summed E-state index contributed by atoms with van der Waals surface area (Å²) >= 11 is 1.25. The molecule has 0 aliphatic carbocycles. The second-order valence-electron chi connectivity index (χ2n) is 5.02. The molecule has 0 unspecified atom stereocenters. The van der Waals surface area contributed by atoms with E-state index < -0.39 is 4.75 Å². The predicted octanol–water partition coefficient (Wildman–Crippen LogP) is 4.89. The highest BCUT2D eigenvalue weighted by Gasteiger charge is 2.21. The molecule has 0 heterocycles. The lowest BCUT2D eigenvalue weighted by Crippen LogP contribution is -2.16. The van der Waals surface area contributed by atoms with Crippen LogP contribution in [0, 0.1) is 23.7 Å². The number of hydrogen-bond donors (Lipinski definition) is 1. The van der Waals surface area contributed by atoms with Crippen molar-refractivity contribution >= 4 is 12.0 Å². The van der Waals surface area contributed by atoms with E-state index in [4.69, 9.17) is 4.18 Å². The smallest absolute Gasteiger partial charge is 0.171 e. The van der Waals surface area contributed by atoms with E-state index in [1.54, 1.807) is 26.0 Å². The molecule has 0 fully saturated rings. The molecule has 0 saturated heterocycles. The van der Waals surface area contributed by atoms with Crippen molar-refractivity contribution < 1.29 is 9.29 Å². The Kier molecular flexibility index (Phi) is 5.63. The van der Waals surface area contributed by atoms with Crippen molar-refractivity contribution in [3.05, 3.63) is 48.5 Å². The van der Waals surface area contributed by atoms with Crippen LogP contribution in [0.3, 0.4) is 0 Å². The average Bonchev–Trinajstić information content (AvgIpc) is 2.55. The topological polar surface area (TPSA) is 29.5 Å². The van der Waals surface area contributed by atoms with Crippen molar-refractivity contribution in [2.75, 3.05) is 0 Å². The SMILES string of the molecule is CC#CC(C)(C#CC)SOc1ccc(-c2ccc(O)cc2)cc1. The van der Waals surface area contributed by atoms with Crippen LogP contribution in [-0.4, -0.2) is 9.85 Å². The highest BCUT2D eigenvalue weighted by molar-refractivity contribution is 7.96. The van der Waals surface area contributed by atoms with Crippen molar-refractivity contribution in [1.82, 2.24) is 0 Å². The van der Waals surface area contributed by atoms with Crippen LogP contribution in [0.4, 0.5) is 0 Å². The molecule has 0 bridgehead atoms. The van der Waals surface area contributed by atoms with Gasteiger partial charge < -0.3 is 9.29 Å². The Morgan fingerprint density at radius 1 is 0.870 bits per heavy atom. The first kappa shape index (κ1) is 16.9. The Morgan fingerprint density at radius 2 is 1.35 bits per heavy atom. The largest absolute Gasteiger partial charge is 0.508 e. The van der Waals surface area contributed by atoms with Gasteiger partial charge in [0.05, 0.1) is 12.0 Å². The highest BCUT2D eigenvalue weighted by Crippen LogP contribution is 2.29. The van der Waals surface area contributed by atoms with Crippen molar-refractivity contribution in [3.8, 4) is 46.3 Å². The number of phenols is 1. The number of hydrogen-bond acceptors (Lipinski definition) is 3.